The van der Waals surface area contributed by atoms with Crippen molar-refractivity contribution in [1.82, 2.24) is 10.2 Å². The van der Waals surface area contributed by atoms with Crippen LogP contribution in [0.3, 0.4) is 0 Å². The van der Waals surface area contributed by atoms with Gasteiger partial charge in [0.2, 0.25) is 0 Å². The molecule has 4 rings (SSSR count). The van der Waals surface area contributed by atoms with Gasteiger partial charge in [0.25, 0.3) is 15.9 Å². The van der Waals surface area contributed by atoms with Gasteiger partial charge in [0.1, 0.15) is 0 Å². The first-order valence-electron chi connectivity index (χ1n) is 9.30. The number of carbonyl (C=O) groups is 1. The van der Waals surface area contributed by atoms with Gasteiger partial charge in [0.05, 0.1) is 11.4 Å². The van der Waals surface area contributed by atoms with Crippen molar-refractivity contribution in [2.75, 3.05) is 43.9 Å². The van der Waals surface area contributed by atoms with Gasteiger partial charge < -0.3 is 15.1 Å². The van der Waals surface area contributed by atoms with Crippen LogP contribution >= 0.6 is 11.8 Å². The zero-order valence-electron chi connectivity index (χ0n) is 15.3. The summed E-state index contributed by atoms with van der Waals surface area (Å²) >= 11 is 1.31. The molecule has 3 heterocycles. The summed E-state index contributed by atoms with van der Waals surface area (Å²) in [4.78, 5) is 17.6. The van der Waals surface area contributed by atoms with E-state index in [4.69, 9.17) is 0 Å². The number of hydrogen-bond acceptors (Lipinski definition) is 6. The second kappa shape index (κ2) is 7.44. The number of likely N-dealkylation sites (tertiary alicyclic amines) is 1. The van der Waals surface area contributed by atoms with Gasteiger partial charge >= 0.3 is 0 Å². The van der Waals surface area contributed by atoms with E-state index in [1.807, 2.05) is 17.0 Å². The Hall–Kier alpha value is -1.58. The van der Waals surface area contributed by atoms with Crippen molar-refractivity contribution in [3.8, 4) is 0 Å². The number of rotatable bonds is 4. The highest BCUT2D eigenvalue weighted by Gasteiger charge is 2.33. The summed E-state index contributed by atoms with van der Waals surface area (Å²) in [5, 5.41) is 3.51. The van der Waals surface area contributed by atoms with Gasteiger partial charge in [-0.3, -0.25) is 4.79 Å². The molecule has 0 bridgehead atoms. The summed E-state index contributed by atoms with van der Waals surface area (Å²) in [6, 6.07) is 5.52. The lowest BCUT2D eigenvalue weighted by Crippen LogP contribution is -2.35. The fourth-order valence-electron chi connectivity index (χ4n) is 3.71. The largest absolute Gasteiger partial charge is 0.352 e. The molecule has 0 aromatic heterocycles. The Morgan fingerprint density at radius 2 is 2.07 bits per heavy atom. The van der Waals surface area contributed by atoms with E-state index in [9.17, 15) is 13.2 Å². The predicted octanol–water partition coefficient (Wildman–Crippen LogP) is 1.76. The summed E-state index contributed by atoms with van der Waals surface area (Å²) in [6.07, 6.45) is 3.41. The van der Waals surface area contributed by atoms with Gasteiger partial charge in [-0.15, -0.1) is 4.40 Å². The lowest BCUT2D eigenvalue weighted by atomic mass is 9.94. The van der Waals surface area contributed by atoms with Gasteiger partial charge in [-0.2, -0.15) is 0 Å². The number of sulfonamides is 1. The Kier molecular flexibility index (Phi) is 5.17. The molecule has 1 saturated heterocycles. The third-order valence-electron chi connectivity index (χ3n) is 5.41. The maximum absolute atomic E-state index is 12.5. The van der Waals surface area contributed by atoms with E-state index < -0.39 is 10.0 Å². The molecule has 0 aliphatic carbocycles. The first-order chi connectivity index (χ1) is 12.9. The quantitative estimate of drug-likeness (QED) is 0.818. The van der Waals surface area contributed by atoms with E-state index in [2.05, 4.69) is 21.7 Å². The van der Waals surface area contributed by atoms with Crippen LogP contribution in [0.15, 0.2) is 27.5 Å². The number of hydrogen-bond donors (Lipinski definition) is 1. The van der Waals surface area contributed by atoms with Crippen LogP contribution in [0, 0.1) is 5.92 Å². The van der Waals surface area contributed by atoms with Crippen molar-refractivity contribution in [1.29, 1.82) is 0 Å². The number of anilines is 1. The molecule has 1 fully saturated rings. The number of nitrogens with zero attached hydrogens (tertiary/aromatic N) is 3. The fourth-order valence-corrected chi connectivity index (χ4v) is 6.01. The van der Waals surface area contributed by atoms with Crippen LogP contribution in [0.4, 0.5) is 5.69 Å². The first-order valence-corrected chi connectivity index (χ1v) is 11.7. The van der Waals surface area contributed by atoms with E-state index in [0.29, 0.717) is 29.7 Å². The zero-order valence-corrected chi connectivity index (χ0v) is 17.0. The van der Waals surface area contributed by atoms with Crippen molar-refractivity contribution in [2.24, 2.45) is 10.3 Å². The molecule has 146 valence electrons. The number of piperidine rings is 1. The molecule has 3 aliphatic rings. The number of carbonyl (C=O) groups excluding carboxylic acids is 1. The van der Waals surface area contributed by atoms with Crippen molar-refractivity contribution in [3.63, 3.8) is 0 Å². The Morgan fingerprint density at radius 3 is 2.85 bits per heavy atom. The lowest BCUT2D eigenvalue weighted by Gasteiger charge is -2.28. The predicted molar refractivity (Wildman–Crippen MR) is 108 cm³/mol. The van der Waals surface area contributed by atoms with Crippen LogP contribution < -0.4 is 10.2 Å². The Bertz CT molecular complexity index is 877. The Balaban J connectivity index is 1.37. The minimum atomic E-state index is -3.36. The maximum atomic E-state index is 12.5. The van der Waals surface area contributed by atoms with Crippen LogP contribution in [-0.2, 0) is 10.0 Å². The molecule has 1 aromatic carbocycles. The molecule has 3 aliphatic heterocycles. The van der Waals surface area contributed by atoms with Crippen molar-refractivity contribution in [2.45, 2.75) is 24.2 Å². The molecule has 0 spiro atoms. The van der Waals surface area contributed by atoms with Crippen LogP contribution in [0.1, 0.15) is 29.6 Å². The van der Waals surface area contributed by atoms with E-state index >= 15 is 0 Å². The van der Waals surface area contributed by atoms with E-state index in [1.165, 1.54) is 24.6 Å². The molecule has 27 heavy (non-hydrogen) atoms. The Morgan fingerprint density at radius 1 is 1.30 bits per heavy atom. The van der Waals surface area contributed by atoms with Crippen LogP contribution in [-0.4, -0.2) is 63.4 Å². The topological polar surface area (TPSA) is 82.1 Å². The average Bonchev–Trinajstić information content (AvgIpc) is 2.98. The highest BCUT2D eigenvalue weighted by Crippen LogP contribution is 2.42. The van der Waals surface area contributed by atoms with Crippen molar-refractivity contribution < 1.29 is 13.2 Å². The normalized spacial score (nSPS) is 22.1. The molecule has 1 amide bonds. The third kappa shape index (κ3) is 4.14. The molecule has 0 unspecified atom stereocenters. The number of benzene rings is 1. The van der Waals surface area contributed by atoms with Gasteiger partial charge in [0.15, 0.2) is 5.17 Å². The number of amides is 1. The highest BCUT2D eigenvalue weighted by molar-refractivity contribution is 8.15. The minimum Gasteiger partial charge on any atom is -0.352 e. The van der Waals surface area contributed by atoms with Crippen LogP contribution in [0.25, 0.3) is 0 Å². The second-order valence-corrected chi connectivity index (χ2v) is 10.2. The number of fused-ring (bicyclic) bond motifs is 3. The Labute approximate surface area is 164 Å². The van der Waals surface area contributed by atoms with Crippen LogP contribution in [0.5, 0.6) is 0 Å². The molecule has 0 radical (unpaired) electrons. The maximum Gasteiger partial charge on any atom is 0.257 e. The molecular formula is C18H24N4O3S2. The number of amidine groups is 1. The van der Waals surface area contributed by atoms with E-state index in [1.54, 1.807) is 6.07 Å². The zero-order chi connectivity index (χ0) is 19.0. The molecule has 1 N–H and O–H groups in total. The fraction of sp³-hybridized carbons (Fsp3) is 0.556. The number of nitrogens with one attached hydrogen (secondary N) is 1. The number of thioether (sulfide) groups is 1. The molecule has 1 aromatic rings. The van der Waals surface area contributed by atoms with Crippen LogP contribution in [0.2, 0.25) is 0 Å². The van der Waals surface area contributed by atoms with Crippen molar-refractivity contribution >= 4 is 38.5 Å². The van der Waals surface area contributed by atoms with Crippen molar-refractivity contribution in [3.05, 3.63) is 23.8 Å². The molecule has 7 nitrogen and oxygen atoms in total. The van der Waals surface area contributed by atoms with Gasteiger partial charge in [-0.1, -0.05) is 0 Å². The third-order valence-corrected chi connectivity index (χ3v) is 7.72. The molecule has 9 heteroatoms. The lowest BCUT2D eigenvalue weighted by molar-refractivity contribution is 0.0948. The highest BCUT2D eigenvalue weighted by atomic mass is 32.2. The van der Waals surface area contributed by atoms with E-state index in [0.717, 1.165) is 30.1 Å². The standard InChI is InChI=1S/C18H24N4O3S2/c1-21-8-5-13(6-9-21)4-7-19-17(23)14-2-3-15-16(12-14)26-18-20-27(24,25)11-10-22(15)18/h2-3,12-13H,4-11H2,1H3,(H,19,23). The smallest absolute Gasteiger partial charge is 0.257 e. The van der Waals surface area contributed by atoms with Gasteiger partial charge in [0, 0.05) is 23.5 Å². The summed E-state index contributed by atoms with van der Waals surface area (Å²) in [5.74, 6) is 0.633. The summed E-state index contributed by atoms with van der Waals surface area (Å²) in [5.41, 5.74) is 1.53. The van der Waals surface area contributed by atoms with Gasteiger partial charge in [-0.25, -0.2) is 8.42 Å². The monoisotopic (exact) mass is 408 g/mol. The van der Waals surface area contributed by atoms with Gasteiger partial charge in [-0.05, 0) is 75.3 Å². The summed E-state index contributed by atoms with van der Waals surface area (Å²) < 4.78 is 27.2. The minimum absolute atomic E-state index is 0.0235. The first kappa shape index (κ1) is 18.8. The molecular weight excluding hydrogens is 384 g/mol. The summed E-state index contributed by atoms with van der Waals surface area (Å²) in [7, 11) is -1.21. The SMILES string of the molecule is CN1CCC(CCNC(=O)c2ccc3c(c2)SC2=NS(=O)(=O)CCN23)CC1. The average molecular weight is 409 g/mol. The molecule has 0 atom stereocenters. The second-order valence-electron chi connectivity index (χ2n) is 7.39. The molecule has 0 saturated carbocycles. The summed E-state index contributed by atoms with van der Waals surface area (Å²) in [6.45, 7) is 3.37. The van der Waals surface area contributed by atoms with E-state index in [-0.39, 0.29) is 11.7 Å².